The van der Waals surface area contributed by atoms with Crippen LogP contribution in [-0.4, -0.2) is 42.7 Å². The van der Waals surface area contributed by atoms with Gasteiger partial charge in [0.05, 0.1) is 5.56 Å². The van der Waals surface area contributed by atoms with Gasteiger partial charge < -0.3 is 10.2 Å². The molecule has 1 aliphatic carbocycles. The zero-order valence-corrected chi connectivity index (χ0v) is 13.5. The van der Waals surface area contributed by atoms with E-state index in [1.165, 1.54) is 25.7 Å². The normalized spacial score (nSPS) is 19.5. The van der Waals surface area contributed by atoms with E-state index >= 15 is 0 Å². The van der Waals surface area contributed by atoms with Gasteiger partial charge in [-0.1, -0.05) is 12.1 Å². The van der Waals surface area contributed by atoms with Crippen LogP contribution in [0.5, 0.6) is 0 Å². The number of hydrogen-bond acceptors (Lipinski definition) is 3. The number of amides is 1. The number of carbonyl (C=O) groups is 1. The van der Waals surface area contributed by atoms with Gasteiger partial charge in [0, 0.05) is 17.5 Å². The fourth-order valence-corrected chi connectivity index (χ4v) is 3.69. The van der Waals surface area contributed by atoms with Crippen molar-refractivity contribution in [3.8, 4) is 0 Å². The number of hydrogen-bond donors (Lipinski definition) is 1. The summed E-state index contributed by atoms with van der Waals surface area (Å²) in [5.74, 6) is 0.901. The predicted molar refractivity (Wildman–Crippen MR) is 87.9 cm³/mol. The second-order valence-electron chi connectivity index (χ2n) is 6.08. The Balaban J connectivity index is 1.75. The van der Waals surface area contributed by atoms with Crippen LogP contribution in [0.4, 0.5) is 0 Å². The lowest BCUT2D eigenvalue weighted by Crippen LogP contribution is -2.40. The van der Waals surface area contributed by atoms with E-state index in [0.717, 1.165) is 30.1 Å². The van der Waals surface area contributed by atoms with Gasteiger partial charge in [-0.15, -0.1) is 11.8 Å². The molecule has 0 atom stereocenters. The van der Waals surface area contributed by atoms with Crippen LogP contribution in [0.15, 0.2) is 29.2 Å². The molecule has 0 aromatic heterocycles. The highest BCUT2D eigenvalue weighted by Crippen LogP contribution is 2.32. The molecule has 3 nitrogen and oxygen atoms in total. The molecule has 1 aromatic rings. The SMILES string of the molecule is CSc1ccccc1C(=O)N(CC1CCNCC1)C1CC1. The first-order valence-electron chi connectivity index (χ1n) is 7.94. The summed E-state index contributed by atoms with van der Waals surface area (Å²) in [5.41, 5.74) is 0.880. The van der Waals surface area contributed by atoms with Gasteiger partial charge >= 0.3 is 0 Å². The van der Waals surface area contributed by atoms with Crippen LogP contribution in [0.2, 0.25) is 0 Å². The molecule has 4 heteroatoms. The maximum absolute atomic E-state index is 13.0. The summed E-state index contributed by atoms with van der Waals surface area (Å²) in [5, 5.41) is 3.41. The molecule has 1 aliphatic heterocycles. The second-order valence-corrected chi connectivity index (χ2v) is 6.93. The fraction of sp³-hybridized carbons (Fsp3) is 0.588. The molecule has 2 fully saturated rings. The van der Waals surface area contributed by atoms with E-state index in [9.17, 15) is 4.79 Å². The maximum Gasteiger partial charge on any atom is 0.255 e. The Morgan fingerprint density at radius 2 is 1.95 bits per heavy atom. The summed E-state index contributed by atoms with van der Waals surface area (Å²) < 4.78 is 0. The first-order valence-corrected chi connectivity index (χ1v) is 9.16. The van der Waals surface area contributed by atoms with Crippen LogP contribution in [-0.2, 0) is 0 Å². The van der Waals surface area contributed by atoms with Crippen LogP contribution < -0.4 is 5.32 Å². The summed E-state index contributed by atoms with van der Waals surface area (Å²) in [7, 11) is 0. The summed E-state index contributed by atoms with van der Waals surface area (Å²) in [4.78, 5) is 16.2. The van der Waals surface area contributed by atoms with Gasteiger partial charge in [-0.25, -0.2) is 0 Å². The van der Waals surface area contributed by atoms with Crippen molar-refractivity contribution in [3.05, 3.63) is 29.8 Å². The lowest BCUT2D eigenvalue weighted by molar-refractivity contribution is 0.0698. The summed E-state index contributed by atoms with van der Waals surface area (Å²) in [6.07, 6.45) is 6.79. The minimum atomic E-state index is 0.237. The lowest BCUT2D eigenvalue weighted by atomic mass is 9.97. The van der Waals surface area contributed by atoms with Crippen molar-refractivity contribution >= 4 is 17.7 Å². The molecule has 1 aromatic carbocycles. The Morgan fingerprint density at radius 1 is 1.24 bits per heavy atom. The van der Waals surface area contributed by atoms with Crippen LogP contribution in [0.25, 0.3) is 0 Å². The number of carbonyl (C=O) groups excluding carboxylic acids is 1. The van der Waals surface area contributed by atoms with Crippen molar-refractivity contribution in [1.29, 1.82) is 0 Å². The fourth-order valence-electron chi connectivity index (χ4n) is 3.10. The Kier molecular flexibility index (Phi) is 4.86. The highest BCUT2D eigenvalue weighted by molar-refractivity contribution is 7.98. The molecule has 1 amide bonds. The first-order chi connectivity index (χ1) is 10.3. The van der Waals surface area contributed by atoms with Gasteiger partial charge in [-0.2, -0.15) is 0 Å². The Morgan fingerprint density at radius 3 is 2.62 bits per heavy atom. The molecule has 0 spiro atoms. The molecule has 3 rings (SSSR count). The third-order valence-electron chi connectivity index (χ3n) is 4.50. The van der Waals surface area contributed by atoms with Gasteiger partial charge in [0.2, 0.25) is 0 Å². The van der Waals surface area contributed by atoms with Gasteiger partial charge in [0.1, 0.15) is 0 Å². The minimum Gasteiger partial charge on any atom is -0.335 e. The standard InChI is InChI=1S/C17H24N2OS/c1-21-16-5-3-2-4-15(16)17(20)19(14-6-7-14)12-13-8-10-18-11-9-13/h2-5,13-14,18H,6-12H2,1H3. The topological polar surface area (TPSA) is 32.3 Å². The first kappa shape index (κ1) is 14.9. The molecule has 1 saturated heterocycles. The van der Waals surface area contributed by atoms with E-state index in [0.29, 0.717) is 12.0 Å². The molecule has 21 heavy (non-hydrogen) atoms. The molecular formula is C17H24N2OS. The van der Waals surface area contributed by atoms with E-state index in [1.807, 2.05) is 30.5 Å². The zero-order valence-electron chi connectivity index (χ0n) is 12.7. The molecule has 2 aliphatic rings. The number of nitrogens with one attached hydrogen (secondary N) is 1. The highest BCUT2D eigenvalue weighted by Gasteiger charge is 2.35. The highest BCUT2D eigenvalue weighted by atomic mass is 32.2. The van der Waals surface area contributed by atoms with Crippen molar-refractivity contribution < 1.29 is 4.79 Å². The molecular weight excluding hydrogens is 280 g/mol. The average Bonchev–Trinajstić information content (AvgIpc) is 3.37. The van der Waals surface area contributed by atoms with Gasteiger partial charge in [0.15, 0.2) is 0 Å². The Hall–Kier alpha value is -1.00. The maximum atomic E-state index is 13.0. The number of nitrogens with zero attached hydrogens (tertiary/aromatic N) is 1. The van der Waals surface area contributed by atoms with E-state index in [4.69, 9.17) is 0 Å². The van der Waals surface area contributed by atoms with E-state index < -0.39 is 0 Å². The van der Waals surface area contributed by atoms with Crippen LogP contribution in [0.3, 0.4) is 0 Å². The number of rotatable bonds is 5. The van der Waals surface area contributed by atoms with Crippen molar-refractivity contribution in [1.82, 2.24) is 10.2 Å². The van der Waals surface area contributed by atoms with Crippen LogP contribution in [0.1, 0.15) is 36.0 Å². The van der Waals surface area contributed by atoms with Gasteiger partial charge in [-0.3, -0.25) is 4.79 Å². The molecule has 0 radical (unpaired) electrons. The Bertz CT molecular complexity index is 495. The summed E-state index contributed by atoms with van der Waals surface area (Å²) >= 11 is 1.66. The van der Waals surface area contributed by atoms with Gasteiger partial charge in [-0.05, 0) is 63.1 Å². The zero-order chi connectivity index (χ0) is 14.7. The molecule has 0 bridgehead atoms. The quantitative estimate of drug-likeness (QED) is 0.849. The monoisotopic (exact) mass is 304 g/mol. The lowest BCUT2D eigenvalue weighted by Gasteiger charge is -2.30. The Labute approximate surface area is 131 Å². The largest absolute Gasteiger partial charge is 0.335 e. The minimum absolute atomic E-state index is 0.237. The van der Waals surface area contributed by atoms with Gasteiger partial charge in [0.25, 0.3) is 5.91 Å². The summed E-state index contributed by atoms with van der Waals surface area (Å²) in [6.45, 7) is 3.13. The number of piperidine rings is 1. The molecule has 0 unspecified atom stereocenters. The molecule has 114 valence electrons. The number of thioether (sulfide) groups is 1. The number of benzene rings is 1. The van der Waals surface area contributed by atoms with Crippen molar-refractivity contribution in [2.75, 3.05) is 25.9 Å². The van der Waals surface area contributed by atoms with E-state index in [2.05, 4.69) is 10.2 Å². The molecule has 1 saturated carbocycles. The predicted octanol–water partition coefficient (Wildman–Crippen LogP) is 3.01. The van der Waals surface area contributed by atoms with E-state index in [-0.39, 0.29) is 5.91 Å². The third-order valence-corrected chi connectivity index (χ3v) is 5.30. The van der Waals surface area contributed by atoms with Crippen molar-refractivity contribution in [3.63, 3.8) is 0 Å². The average molecular weight is 304 g/mol. The van der Waals surface area contributed by atoms with E-state index in [1.54, 1.807) is 11.8 Å². The third kappa shape index (κ3) is 3.61. The van der Waals surface area contributed by atoms with Crippen LogP contribution >= 0.6 is 11.8 Å². The summed E-state index contributed by atoms with van der Waals surface area (Å²) in [6, 6.07) is 8.50. The molecule has 1 N–H and O–H groups in total. The second kappa shape index (κ2) is 6.84. The van der Waals surface area contributed by atoms with Crippen LogP contribution in [0, 0.1) is 5.92 Å². The molecule has 1 heterocycles. The van der Waals surface area contributed by atoms with Crippen molar-refractivity contribution in [2.45, 2.75) is 36.6 Å². The van der Waals surface area contributed by atoms with Crippen molar-refractivity contribution in [2.24, 2.45) is 5.92 Å². The smallest absolute Gasteiger partial charge is 0.255 e.